The van der Waals surface area contributed by atoms with Gasteiger partial charge in [-0.25, -0.2) is 0 Å². The lowest BCUT2D eigenvalue weighted by molar-refractivity contribution is -0.870. The van der Waals surface area contributed by atoms with Gasteiger partial charge in [0.15, 0.2) is 0 Å². The van der Waals surface area contributed by atoms with Crippen molar-refractivity contribution in [2.45, 2.75) is 251 Å². The maximum Gasteiger partial charge on any atom is 0.268 e. The predicted molar refractivity (Wildman–Crippen MR) is 279 cm³/mol. The molecule has 0 radical (unpaired) electrons. The van der Waals surface area contributed by atoms with Gasteiger partial charge in [-0.05, 0) is 57.8 Å². The molecule has 1 amide bonds. The monoisotopic (exact) mass is 933 g/mol. The lowest BCUT2D eigenvalue weighted by Crippen LogP contribution is -2.45. The van der Waals surface area contributed by atoms with Crippen molar-refractivity contribution in [1.82, 2.24) is 5.32 Å². The second kappa shape index (κ2) is 47.3. The van der Waals surface area contributed by atoms with Crippen LogP contribution in [-0.2, 0) is 18.4 Å². The van der Waals surface area contributed by atoms with E-state index in [-0.39, 0.29) is 12.5 Å². The van der Waals surface area contributed by atoms with Crippen LogP contribution >= 0.6 is 7.82 Å². The number of hydrogen-bond acceptors (Lipinski definition) is 6. The van der Waals surface area contributed by atoms with Gasteiger partial charge in [0, 0.05) is 6.42 Å². The smallest absolute Gasteiger partial charge is 0.268 e. The van der Waals surface area contributed by atoms with Gasteiger partial charge in [-0.2, -0.15) is 0 Å². The average molecular weight is 933 g/mol. The Labute approximate surface area is 402 Å². The summed E-state index contributed by atoms with van der Waals surface area (Å²) in [6, 6.07) is -0.902. The molecule has 2 N–H and O–H groups in total. The zero-order valence-electron chi connectivity index (χ0n) is 43.2. The van der Waals surface area contributed by atoms with Gasteiger partial charge in [0.05, 0.1) is 39.9 Å². The van der Waals surface area contributed by atoms with Gasteiger partial charge in [0.1, 0.15) is 13.2 Å². The van der Waals surface area contributed by atoms with Crippen molar-refractivity contribution in [2.75, 3.05) is 40.9 Å². The highest BCUT2D eigenvalue weighted by Gasteiger charge is 2.23. The number of carbonyl (C=O) groups excluding carboxylic acids is 1. The first-order chi connectivity index (χ1) is 31.5. The molecular weight excluding hydrogens is 828 g/mol. The third kappa shape index (κ3) is 49.9. The minimum atomic E-state index is -4.60. The van der Waals surface area contributed by atoms with Gasteiger partial charge in [0.2, 0.25) is 5.91 Å². The molecule has 0 aromatic rings. The van der Waals surface area contributed by atoms with Gasteiger partial charge in [-0.3, -0.25) is 9.36 Å². The molecule has 0 heterocycles. The molecule has 3 atom stereocenters. The Bertz CT molecular complexity index is 1240. The number of likely N-dealkylation sites (N-methyl/N-ethyl adjacent to an activating group) is 1. The fourth-order valence-corrected chi connectivity index (χ4v) is 8.46. The van der Waals surface area contributed by atoms with Gasteiger partial charge >= 0.3 is 0 Å². The second-order valence-electron chi connectivity index (χ2n) is 19.6. The second-order valence-corrected chi connectivity index (χ2v) is 21.0. The van der Waals surface area contributed by atoms with Crippen LogP contribution in [0.25, 0.3) is 0 Å². The molecule has 65 heavy (non-hydrogen) atoms. The summed E-state index contributed by atoms with van der Waals surface area (Å²) in [5.74, 6) is -0.221. The Kier molecular flexibility index (Phi) is 46.0. The number of quaternary nitrogens is 1. The SMILES string of the molecule is CC/C=C\C/C=C\C/C=C\C/C=C\CCCCCCC(=O)NC(COP(=O)([O-])OCC[N+](C)(C)C)C(O)/C=C/CCCCCCCCCCCCCCCCCCCCCCCCCC. The predicted octanol–water partition coefficient (Wildman–Crippen LogP) is 15.5. The van der Waals surface area contributed by atoms with Crippen molar-refractivity contribution in [1.29, 1.82) is 0 Å². The highest BCUT2D eigenvalue weighted by Crippen LogP contribution is 2.38. The van der Waals surface area contributed by atoms with E-state index in [1.807, 2.05) is 27.2 Å². The summed E-state index contributed by atoms with van der Waals surface area (Å²) in [4.78, 5) is 25.4. The number of rotatable bonds is 49. The first-order valence-corrected chi connectivity index (χ1v) is 28.6. The number of hydrogen-bond donors (Lipinski definition) is 2. The fourth-order valence-electron chi connectivity index (χ4n) is 7.73. The molecule has 0 aliphatic heterocycles. The molecule has 8 nitrogen and oxygen atoms in total. The van der Waals surface area contributed by atoms with Crippen LogP contribution in [0.3, 0.4) is 0 Å². The summed E-state index contributed by atoms with van der Waals surface area (Å²) in [6.45, 7) is 4.53. The standard InChI is InChI=1S/C56H105N2O6P/c1-6-8-10-12-14-16-18-20-22-24-25-26-27-28-29-30-31-32-34-35-37-39-41-43-45-47-49-55(59)54(53-64-65(61,62)63-52-51-58(3,4)5)57-56(60)50-48-46-44-42-40-38-36-33-23-21-19-17-15-13-11-9-7-2/h9,11,15,17,21,23,36,38,47,49,54-55,59H,6-8,10,12-14,16,18-20,22,24-35,37,39-46,48,50-53H2,1-5H3,(H-,57,60,61,62)/b11-9-,17-15-,23-21-,38-36-,49-47+. The number of amides is 1. The number of aliphatic hydroxyl groups is 1. The van der Waals surface area contributed by atoms with Gasteiger partial charge in [-0.1, -0.05) is 235 Å². The molecule has 0 aromatic carbocycles. The van der Waals surface area contributed by atoms with Crippen LogP contribution in [0.5, 0.6) is 0 Å². The van der Waals surface area contributed by atoms with Gasteiger partial charge in [-0.15, -0.1) is 0 Å². The summed E-state index contributed by atoms with van der Waals surface area (Å²) < 4.78 is 23.3. The number of allylic oxidation sites excluding steroid dienone is 9. The summed E-state index contributed by atoms with van der Waals surface area (Å²) in [5.41, 5.74) is 0. The first-order valence-electron chi connectivity index (χ1n) is 27.2. The van der Waals surface area contributed by atoms with Crippen LogP contribution in [0.4, 0.5) is 0 Å². The summed E-state index contributed by atoms with van der Waals surface area (Å²) in [7, 11) is 1.24. The molecule has 0 fully saturated rings. The van der Waals surface area contributed by atoms with E-state index in [9.17, 15) is 19.4 Å². The Morgan fingerprint density at radius 3 is 1.37 bits per heavy atom. The quantitative estimate of drug-likeness (QED) is 0.0272. The van der Waals surface area contributed by atoms with Crippen molar-refractivity contribution in [3.8, 4) is 0 Å². The summed E-state index contributed by atoms with van der Waals surface area (Å²) in [5, 5.41) is 13.8. The molecule has 0 rings (SSSR count). The first kappa shape index (κ1) is 63.2. The Hall–Kier alpha value is -1.80. The maximum atomic E-state index is 12.9. The molecule has 0 aliphatic rings. The molecule has 0 saturated heterocycles. The van der Waals surface area contributed by atoms with Gasteiger partial charge in [0.25, 0.3) is 7.82 Å². The van der Waals surface area contributed by atoms with Gasteiger partial charge < -0.3 is 28.8 Å². The minimum Gasteiger partial charge on any atom is -0.756 e. The largest absolute Gasteiger partial charge is 0.756 e. The van der Waals surface area contributed by atoms with E-state index in [4.69, 9.17) is 9.05 Å². The molecule has 9 heteroatoms. The van der Waals surface area contributed by atoms with Crippen LogP contribution < -0.4 is 10.2 Å². The number of nitrogens with zero attached hydrogens (tertiary/aromatic N) is 1. The van der Waals surface area contributed by atoms with E-state index in [2.05, 4.69) is 67.8 Å². The third-order valence-corrected chi connectivity index (χ3v) is 12.9. The number of unbranched alkanes of at least 4 members (excludes halogenated alkanes) is 28. The molecule has 0 aliphatic carbocycles. The maximum absolute atomic E-state index is 12.9. The van der Waals surface area contributed by atoms with Crippen molar-refractivity contribution in [3.05, 3.63) is 60.8 Å². The summed E-state index contributed by atoms with van der Waals surface area (Å²) >= 11 is 0. The van der Waals surface area contributed by atoms with E-state index in [0.29, 0.717) is 17.4 Å². The Balaban J connectivity index is 4.26. The lowest BCUT2D eigenvalue weighted by Gasteiger charge is -2.29. The third-order valence-electron chi connectivity index (χ3n) is 12.0. The van der Waals surface area contributed by atoms with Crippen LogP contribution in [0.2, 0.25) is 0 Å². The molecule has 380 valence electrons. The highest BCUT2D eigenvalue weighted by molar-refractivity contribution is 7.45. The van der Waals surface area contributed by atoms with E-state index >= 15 is 0 Å². The fraction of sp³-hybridized carbons (Fsp3) is 0.804. The lowest BCUT2D eigenvalue weighted by atomic mass is 10.0. The normalized spacial score (nSPS) is 14.5. The molecule has 0 spiro atoms. The van der Waals surface area contributed by atoms with Crippen LogP contribution in [0, 0.1) is 0 Å². The average Bonchev–Trinajstić information content (AvgIpc) is 3.26. The van der Waals surface area contributed by atoms with Crippen LogP contribution in [0.15, 0.2) is 60.8 Å². The zero-order chi connectivity index (χ0) is 47.8. The van der Waals surface area contributed by atoms with E-state index in [1.165, 1.54) is 141 Å². The number of nitrogens with one attached hydrogen (secondary N) is 1. The molecule has 0 saturated carbocycles. The molecular formula is C56H105N2O6P. The minimum absolute atomic E-state index is 0.00830. The van der Waals surface area contributed by atoms with E-state index in [0.717, 1.165) is 77.0 Å². The number of phosphoric acid groups is 1. The van der Waals surface area contributed by atoms with E-state index in [1.54, 1.807) is 6.08 Å². The van der Waals surface area contributed by atoms with Crippen molar-refractivity contribution in [3.63, 3.8) is 0 Å². The van der Waals surface area contributed by atoms with Crippen LogP contribution in [0.1, 0.15) is 239 Å². The molecule has 3 unspecified atom stereocenters. The molecule has 0 bridgehead atoms. The van der Waals surface area contributed by atoms with Crippen molar-refractivity contribution >= 4 is 13.7 Å². The topological polar surface area (TPSA) is 108 Å². The van der Waals surface area contributed by atoms with Crippen molar-refractivity contribution < 1.29 is 32.9 Å². The Morgan fingerprint density at radius 1 is 0.554 bits per heavy atom. The number of aliphatic hydroxyl groups excluding tert-OH is 1. The number of carbonyl (C=O) groups is 1. The highest BCUT2D eigenvalue weighted by atomic mass is 31.2. The van der Waals surface area contributed by atoms with Crippen molar-refractivity contribution in [2.24, 2.45) is 0 Å². The number of phosphoric ester groups is 1. The molecule has 0 aromatic heterocycles. The van der Waals surface area contributed by atoms with E-state index < -0.39 is 26.6 Å². The summed E-state index contributed by atoms with van der Waals surface area (Å²) in [6.07, 6.45) is 62.9. The zero-order valence-corrected chi connectivity index (χ0v) is 44.1. The van der Waals surface area contributed by atoms with Crippen LogP contribution in [-0.4, -0.2) is 68.5 Å². The Morgan fingerprint density at radius 2 is 0.938 bits per heavy atom.